The van der Waals surface area contributed by atoms with Crippen LogP contribution < -0.4 is 14.8 Å². The van der Waals surface area contributed by atoms with Crippen LogP contribution in [0, 0.1) is 0 Å². The Kier molecular flexibility index (Phi) is 5.70. The summed E-state index contributed by atoms with van der Waals surface area (Å²) >= 11 is 6.17. The van der Waals surface area contributed by atoms with Gasteiger partial charge >= 0.3 is 0 Å². The van der Waals surface area contributed by atoms with Crippen molar-refractivity contribution in [2.45, 2.75) is 13.8 Å². The van der Waals surface area contributed by atoms with Crippen LogP contribution in [0.25, 0.3) is 0 Å². The maximum absolute atomic E-state index is 12.7. The van der Waals surface area contributed by atoms with E-state index in [1.165, 1.54) is 0 Å². The molecule has 0 radical (unpaired) electrons. The van der Waals surface area contributed by atoms with Crippen LogP contribution in [-0.2, 0) is 0 Å². The minimum Gasteiger partial charge on any atom is -0.493 e. The Morgan fingerprint density at radius 3 is 2.43 bits per heavy atom. The molecular weight excluding hydrogens is 292 g/mol. The number of benzene rings is 1. The predicted molar refractivity (Wildman–Crippen MR) is 82.6 cm³/mol. The van der Waals surface area contributed by atoms with Crippen LogP contribution in [0.1, 0.15) is 24.2 Å². The van der Waals surface area contributed by atoms with Crippen LogP contribution in [0.5, 0.6) is 11.5 Å². The van der Waals surface area contributed by atoms with Crippen molar-refractivity contribution in [1.82, 2.24) is 10.2 Å². The van der Waals surface area contributed by atoms with Gasteiger partial charge in [0.15, 0.2) is 0 Å². The van der Waals surface area contributed by atoms with Crippen LogP contribution in [-0.4, -0.2) is 50.2 Å². The maximum atomic E-state index is 12.7. The number of rotatable bonds is 5. The Hall–Kier alpha value is -1.46. The van der Waals surface area contributed by atoms with E-state index in [9.17, 15) is 4.79 Å². The van der Waals surface area contributed by atoms with E-state index in [1.807, 2.05) is 18.7 Å². The first-order chi connectivity index (χ1) is 10.2. The van der Waals surface area contributed by atoms with Crippen molar-refractivity contribution < 1.29 is 14.3 Å². The van der Waals surface area contributed by atoms with Crippen LogP contribution >= 0.6 is 11.6 Å². The highest BCUT2D eigenvalue weighted by Gasteiger charge is 2.23. The quantitative estimate of drug-likeness (QED) is 0.905. The van der Waals surface area contributed by atoms with Gasteiger partial charge in [-0.25, -0.2) is 0 Å². The molecule has 1 N–H and O–H groups in total. The SMILES string of the molecule is CCOc1cc(C(=O)N2CCNCC2)c(OCC)cc1Cl. The van der Waals surface area contributed by atoms with Gasteiger partial charge in [0.25, 0.3) is 5.91 Å². The lowest BCUT2D eigenvalue weighted by molar-refractivity contribution is 0.0731. The molecule has 0 spiro atoms. The van der Waals surface area contributed by atoms with Crippen molar-refractivity contribution >= 4 is 17.5 Å². The molecule has 0 saturated carbocycles. The molecular formula is C15H21ClN2O3. The summed E-state index contributed by atoms with van der Waals surface area (Å²) in [7, 11) is 0. The smallest absolute Gasteiger partial charge is 0.257 e. The summed E-state index contributed by atoms with van der Waals surface area (Å²) in [5, 5.41) is 3.69. The third-order valence-corrected chi connectivity index (χ3v) is 3.56. The molecule has 0 aliphatic carbocycles. The second-order valence-electron chi connectivity index (χ2n) is 4.69. The first-order valence-corrected chi connectivity index (χ1v) is 7.64. The average Bonchev–Trinajstić information content (AvgIpc) is 2.50. The lowest BCUT2D eigenvalue weighted by Gasteiger charge is -2.28. The highest BCUT2D eigenvalue weighted by Crippen LogP contribution is 2.33. The molecule has 0 bridgehead atoms. The van der Waals surface area contributed by atoms with Gasteiger partial charge in [0, 0.05) is 32.2 Å². The molecule has 1 saturated heterocycles. The molecule has 1 aliphatic heterocycles. The fraction of sp³-hybridized carbons (Fsp3) is 0.533. The van der Waals surface area contributed by atoms with Gasteiger partial charge in [0.2, 0.25) is 0 Å². The molecule has 0 aromatic heterocycles. The van der Waals surface area contributed by atoms with Gasteiger partial charge < -0.3 is 19.7 Å². The van der Waals surface area contributed by atoms with Crippen LogP contribution in [0.3, 0.4) is 0 Å². The number of hydrogen-bond donors (Lipinski definition) is 1. The van der Waals surface area contributed by atoms with E-state index in [4.69, 9.17) is 21.1 Å². The molecule has 1 heterocycles. The first kappa shape index (κ1) is 15.9. The van der Waals surface area contributed by atoms with Crippen LogP contribution in [0.2, 0.25) is 5.02 Å². The maximum Gasteiger partial charge on any atom is 0.257 e. The number of halogens is 1. The fourth-order valence-corrected chi connectivity index (χ4v) is 2.49. The Morgan fingerprint density at radius 1 is 1.19 bits per heavy atom. The number of carbonyl (C=O) groups is 1. The van der Waals surface area contributed by atoms with E-state index in [-0.39, 0.29) is 5.91 Å². The molecule has 1 aliphatic rings. The van der Waals surface area contributed by atoms with E-state index in [1.54, 1.807) is 12.1 Å². The largest absolute Gasteiger partial charge is 0.493 e. The van der Waals surface area contributed by atoms with Gasteiger partial charge in [-0.05, 0) is 19.9 Å². The first-order valence-electron chi connectivity index (χ1n) is 7.26. The monoisotopic (exact) mass is 312 g/mol. The van der Waals surface area contributed by atoms with Crippen molar-refractivity contribution in [3.63, 3.8) is 0 Å². The van der Waals surface area contributed by atoms with E-state index in [0.717, 1.165) is 13.1 Å². The molecule has 2 rings (SSSR count). The third kappa shape index (κ3) is 3.80. The Balaban J connectivity index is 2.33. The van der Waals surface area contributed by atoms with Gasteiger partial charge in [-0.2, -0.15) is 0 Å². The van der Waals surface area contributed by atoms with E-state index in [0.29, 0.717) is 48.4 Å². The van der Waals surface area contributed by atoms with E-state index in [2.05, 4.69) is 5.32 Å². The van der Waals surface area contributed by atoms with E-state index >= 15 is 0 Å². The lowest BCUT2D eigenvalue weighted by Crippen LogP contribution is -2.46. The van der Waals surface area contributed by atoms with Crippen molar-refractivity contribution in [3.8, 4) is 11.5 Å². The van der Waals surface area contributed by atoms with Gasteiger partial charge in [0.05, 0.1) is 23.8 Å². The minimum absolute atomic E-state index is 0.0439. The highest BCUT2D eigenvalue weighted by molar-refractivity contribution is 6.32. The molecule has 1 aromatic carbocycles. The summed E-state index contributed by atoms with van der Waals surface area (Å²) in [6, 6.07) is 3.34. The minimum atomic E-state index is -0.0439. The van der Waals surface area contributed by atoms with Crippen molar-refractivity contribution in [2.75, 3.05) is 39.4 Å². The Morgan fingerprint density at radius 2 is 1.81 bits per heavy atom. The average molecular weight is 313 g/mol. The molecule has 0 unspecified atom stereocenters. The van der Waals surface area contributed by atoms with Crippen LogP contribution in [0.15, 0.2) is 12.1 Å². The standard InChI is InChI=1S/C15H21ClN2O3/c1-3-20-13-10-12(16)14(21-4-2)9-11(13)15(19)18-7-5-17-6-8-18/h9-10,17H,3-8H2,1-2H3. The van der Waals surface area contributed by atoms with Crippen molar-refractivity contribution in [1.29, 1.82) is 0 Å². The van der Waals surface area contributed by atoms with Gasteiger partial charge in [-0.15, -0.1) is 0 Å². The molecule has 6 heteroatoms. The highest BCUT2D eigenvalue weighted by atomic mass is 35.5. The predicted octanol–water partition coefficient (Wildman–Crippen LogP) is 2.18. The number of amides is 1. The normalized spacial score (nSPS) is 14.9. The summed E-state index contributed by atoms with van der Waals surface area (Å²) in [4.78, 5) is 14.5. The van der Waals surface area contributed by atoms with Gasteiger partial charge in [0.1, 0.15) is 11.5 Å². The molecule has 5 nitrogen and oxygen atoms in total. The fourth-order valence-electron chi connectivity index (χ4n) is 2.28. The number of ether oxygens (including phenoxy) is 2. The summed E-state index contributed by atoms with van der Waals surface area (Å²) < 4.78 is 11.0. The second kappa shape index (κ2) is 7.52. The zero-order valence-corrected chi connectivity index (χ0v) is 13.2. The van der Waals surface area contributed by atoms with Gasteiger partial charge in [-0.3, -0.25) is 4.79 Å². The summed E-state index contributed by atoms with van der Waals surface area (Å²) in [6.07, 6.45) is 0. The Labute approximate surface area is 130 Å². The van der Waals surface area contributed by atoms with E-state index < -0.39 is 0 Å². The second-order valence-corrected chi connectivity index (χ2v) is 5.09. The van der Waals surface area contributed by atoms with Gasteiger partial charge in [-0.1, -0.05) is 11.6 Å². The topological polar surface area (TPSA) is 50.8 Å². The molecule has 1 aromatic rings. The number of nitrogens with zero attached hydrogens (tertiary/aromatic N) is 1. The van der Waals surface area contributed by atoms with Crippen LogP contribution in [0.4, 0.5) is 0 Å². The molecule has 0 atom stereocenters. The summed E-state index contributed by atoms with van der Waals surface area (Å²) in [5.41, 5.74) is 0.506. The summed E-state index contributed by atoms with van der Waals surface area (Å²) in [6.45, 7) is 7.73. The number of hydrogen-bond acceptors (Lipinski definition) is 4. The summed E-state index contributed by atoms with van der Waals surface area (Å²) in [5.74, 6) is 0.980. The Bertz CT molecular complexity index is 502. The van der Waals surface area contributed by atoms with Crippen molar-refractivity contribution in [2.24, 2.45) is 0 Å². The molecule has 116 valence electrons. The third-order valence-electron chi connectivity index (χ3n) is 3.27. The zero-order chi connectivity index (χ0) is 15.2. The number of carbonyl (C=O) groups excluding carboxylic acids is 1. The number of piperazine rings is 1. The molecule has 1 amide bonds. The van der Waals surface area contributed by atoms with Crippen molar-refractivity contribution in [3.05, 3.63) is 22.7 Å². The zero-order valence-electron chi connectivity index (χ0n) is 12.4. The molecule has 1 fully saturated rings. The number of nitrogens with one attached hydrogen (secondary N) is 1. The lowest BCUT2D eigenvalue weighted by atomic mass is 10.1. The molecule has 21 heavy (non-hydrogen) atoms.